The minimum atomic E-state index is -0.183. The molecule has 0 aliphatic carbocycles. The minimum absolute atomic E-state index is 0.0439. The number of aliphatic hydroxyl groups is 1. The van der Waals surface area contributed by atoms with Crippen LogP contribution in [0.2, 0.25) is 0 Å². The highest BCUT2D eigenvalue weighted by atomic mass is 16.3. The summed E-state index contributed by atoms with van der Waals surface area (Å²) in [6, 6.07) is 3.49. The summed E-state index contributed by atoms with van der Waals surface area (Å²) in [5, 5.41) is 11.8. The summed E-state index contributed by atoms with van der Waals surface area (Å²) >= 11 is 0. The summed E-state index contributed by atoms with van der Waals surface area (Å²) in [6.07, 6.45) is 1.63. The zero-order valence-corrected chi connectivity index (χ0v) is 9.60. The molecule has 0 saturated heterocycles. The van der Waals surface area contributed by atoms with Gasteiger partial charge in [-0.25, -0.2) is 4.98 Å². The molecule has 0 bridgehead atoms. The van der Waals surface area contributed by atoms with E-state index in [4.69, 9.17) is 5.11 Å². The van der Waals surface area contributed by atoms with E-state index in [1.54, 1.807) is 19.3 Å². The Balaban J connectivity index is 2.69. The molecule has 0 atom stereocenters. The van der Waals surface area contributed by atoms with Crippen molar-refractivity contribution in [3.8, 4) is 0 Å². The van der Waals surface area contributed by atoms with Crippen molar-refractivity contribution in [1.29, 1.82) is 0 Å². The molecule has 0 saturated carbocycles. The third-order valence-corrected chi connectivity index (χ3v) is 2.15. The molecule has 0 unspecified atom stereocenters. The number of hydrogen-bond acceptors (Lipinski definition) is 4. The summed E-state index contributed by atoms with van der Waals surface area (Å²) in [5.74, 6) is -0.183. The third kappa shape index (κ3) is 3.20. The lowest BCUT2D eigenvalue weighted by atomic mass is 10.3. The van der Waals surface area contributed by atoms with Crippen LogP contribution in [0.3, 0.4) is 0 Å². The number of nitrogens with zero attached hydrogens (tertiary/aromatic N) is 2. The summed E-state index contributed by atoms with van der Waals surface area (Å²) in [7, 11) is 1.64. The first-order valence-electron chi connectivity index (χ1n) is 5.25. The van der Waals surface area contributed by atoms with Gasteiger partial charge >= 0.3 is 0 Å². The third-order valence-electron chi connectivity index (χ3n) is 2.15. The van der Waals surface area contributed by atoms with E-state index in [-0.39, 0.29) is 12.5 Å². The van der Waals surface area contributed by atoms with Gasteiger partial charge in [0.1, 0.15) is 5.69 Å². The Kier molecular flexibility index (Phi) is 4.72. The Bertz CT molecular complexity index is 338. The SMILES string of the molecule is CCNc1ccc(C(=O)N(C)CCO)nc1. The van der Waals surface area contributed by atoms with Crippen molar-refractivity contribution < 1.29 is 9.90 Å². The van der Waals surface area contributed by atoms with E-state index in [0.717, 1.165) is 12.2 Å². The van der Waals surface area contributed by atoms with Crippen LogP contribution < -0.4 is 5.32 Å². The first-order chi connectivity index (χ1) is 7.69. The number of carbonyl (C=O) groups excluding carboxylic acids is 1. The molecule has 5 nitrogen and oxygen atoms in total. The molecule has 5 heteroatoms. The van der Waals surface area contributed by atoms with Gasteiger partial charge in [-0.15, -0.1) is 0 Å². The van der Waals surface area contributed by atoms with E-state index >= 15 is 0 Å². The average molecular weight is 223 g/mol. The summed E-state index contributed by atoms with van der Waals surface area (Å²) < 4.78 is 0. The maximum Gasteiger partial charge on any atom is 0.272 e. The van der Waals surface area contributed by atoms with Gasteiger partial charge in [-0.1, -0.05) is 0 Å². The molecule has 1 heterocycles. The van der Waals surface area contributed by atoms with Gasteiger partial charge in [0.15, 0.2) is 0 Å². The maximum atomic E-state index is 11.7. The smallest absolute Gasteiger partial charge is 0.272 e. The molecule has 1 rings (SSSR count). The first kappa shape index (κ1) is 12.4. The van der Waals surface area contributed by atoms with Crippen molar-refractivity contribution in [1.82, 2.24) is 9.88 Å². The van der Waals surface area contributed by atoms with Gasteiger partial charge in [-0.2, -0.15) is 0 Å². The number of amides is 1. The number of rotatable bonds is 5. The number of likely N-dealkylation sites (N-methyl/N-ethyl adjacent to an activating group) is 1. The molecular formula is C11H17N3O2. The second kappa shape index (κ2) is 6.07. The number of nitrogens with one attached hydrogen (secondary N) is 1. The molecule has 1 aromatic heterocycles. The van der Waals surface area contributed by atoms with Gasteiger partial charge in [0.25, 0.3) is 5.91 Å². The number of pyridine rings is 1. The summed E-state index contributed by atoms with van der Waals surface area (Å²) in [5.41, 5.74) is 1.28. The molecule has 0 aliphatic rings. The zero-order chi connectivity index (χ0) is 12.0. The largest absolute Gasteiger partial charge is 0.395 e. The van der Waals surface area contributed by atoms with Gasteiger partial charge in [0.05, 0.1) is 18.5 Å². The van der Waals surface area contributed by atoms with Gasteiger partial charge < -0.3 is 15.3 Å². The zero-order valence-electron chi connectivity index (χ0n) is 9.60. The number of hydrogen-bond donors (Lipinski definition) is 2. The van der Waals surface area contributed by atoms with Crippen LogP contribution in [-0.4, -0.2) is 47.6 Å². The predicted molar refractivity (Wildman–Crippen MR) is 62.4 cm³/mol. The molecule has 1 aromatic rings. The van der Waals surface area contributed by atoms with Crippen molar-refractivity contribution >= 4 is 11.6 Å². The second-order valence-electron chi connectivity index (χ2n) is 3.41. The van der Waals surface area contributed by atoms with Gasteiger partial charge in [0.2, 0.25) is 0 Å². The topological polar surface area (TPSA) is 65.5 Å². The lowest BCUT2D eigenvalue weighted by Crippen LogP contribution is -2.30. The van der Waals surface area contributed by atoms with E-state index in [1.807, 2.05) is 13.0 Å². The number of anilines is 1. The fourth-order valence-corrected chi connectivity index (χ4v) is 1.28. The molecule has 88 valence electrons. The van der Waals surface area contributed by atoms with Gasteiger partial charge in [-0.05, 0) is 19.1 Å². The van der Waals surface area contributed by atoms with Crippen LogP contribution in [0.4, 0.5) is 5.69 Å². The molecule has 2 N–H and O–H groups in total. The number of carbonyl (C=O) groups is 1. The maximum absolute atomic E-state index is 11.7. The van der Waals surface area contributed by atoms with Crippen molar-refractivity contribution in [2.24, 2.45) is 0 Å². The molecule has 0 aliphatic heterocycles. The molecular weight excluding hydrogens is 206 g/mol. The fourth-order valence-electron chi connectivity index (χ4n) is 1.28. The van der Waals surface area contributed by atoms with Crippen molar-refractivity contribution in [3.63, 3.8) is 0 Å². The molecule has 0 spiro atoms. The van der Waals surface area contributed by atoms with E-state index in [9.17, 15) is 4.79 Å². The van der Waals surface area contributed by atoms with Gasteiger partial charge in [-0.3, -0.25) is 4.79 Å². The highest BCUT2D eigenvalue weighted by Gasteiger charge is 2.11. The quantitative estimate of drug-likeness (QED) is 0.766. The molecule has 0 fully saturated rings. The molecule has 0 radical (unpaired) electrons. The lowest BCUT2D eigenvalue weighted by molar-refractivity contribution is 0.0761. The monoisotopic (exact) mass is 223 g/mol. The Morgan fingerprint density at radius 2 is 2.31 bits per heavy atom. The highest BCUT2D eigenvalue weighted by Crippen LogP contribution is 2.07. The van der Waals surface area contributed by atoms with Crippen LogP contribution in [0.15, 0.2) is 18.3 Å². The Morgan fingerprint density at radius 1 is 1.56 bits per heavy atom. The van der Waals surface area contributed by atoms with Crippen LogP contribution >= 0.6 is 0 Å². The number of aliphatic hydroxyl groups excluding tert-OH is 1. The Labute approximate surface area is 95.1 Å². The standard InChI is InChI=1S/C11H17N3O2/c1-3-12-9-4-5-10(13-8-9)11(16)14(2)6-7-15/h4-5,8,12,15H,3,6-7H2,1-2H3. The molecule has 16 heavy (non-hydrogen) atoms. The van der Waals surface area contributed by atoms with Crippen molar-refractivity contribution in [2.45, 2.75) is 6.92 Å². The minimum Gasteiger partial charge on any atom is -0.395 e. The molecule has 0 aromatic carbocycles. The van der Waals surface area contributed by atoms with E-state index in [0.29, 0.717) is 12.2 Å². The van der Waals surface area contributed by atoms with E-state index < -0.39 is 0 Å². The lowest BCUT2D eigenvalue weighted by Gasteiger charge is -2.15. The summed E-state index contributed by atoms with van der Waals surface area (Å²) in [4.78, 5) is 17.2. The highest BCUT2D eigenvalue weighted by molar-refractivity contribution is 5.92. The van der Waals surface area contributed by atoms with Crippen LogP contribution in [0.25, 0.3) is 0 Å². The van der Waals surface area contributed by atoms with Crippen LogP contribution in [-0.2, 0) is 0 Å². The average Bonchev–Trinajstić information content (AvgIpc) is 2.30. The van der Waals surface area contributed by atoms with Crippen molar-refractivity contribution in [2.75, 3.05) is 32.1 Å². The second-order valence-corrected chi connectivity index (χ2v) is 3.41. The van der Waals surface area contributed by atoms with Gasteiger partial charge in [0, 0.05) is 20.1 Å². The normalized spacial score (nSPS) is 9.94. The Morgan fingerprint density at radius 3 is 2.81 bits per heavy atom. The summed E-state index contributed by atoms with van der Waals surface area (Å²) in [6.45, 7) is 3.08. The van der Waals surface area contributed by atoms with Crippen molar-refractivity contribution in [3.05, 3.63) is 24.0 Å². The predicted octanol–water partition coefficient (Wildman–Crippen LogP) is 0.578. The van der Waals surface area contributed by atoms with E-state index in [1.165, 1.54) is 4.90 Å². The van der Waals surface area contributed by atoms with Crippen LogP contribution in [0.5, 0.6) is 0 Å². The first-order valence-corrected chi connectivity index (χ1v) is 5.25. The fraction of sp³-hybridized carbons (Fsp3) is 0.455. The number of aromatic nitrogens is 1. The van der Waals surface area contributed by atoms with Crippen LogP contribution in [0.1, 0.15) is 17.4 Å². The molecule has 1 amide bonds. The van der Waals surface area contributed by atoms with E-state index in [2.05, 4.69) is 10.3 Å². The Hall–Kier alpha value is -1.62. The van der Waals surface area contributed by atoms with Crippen LogP contribution in [0, 0.1) is 0 Å².